The SMILES string of the molecule is CC1=Cc2c(cccc2C23C4CCC(C4)C2(C([NH])=O)[Si](C)(C)[Si]3(C)C)C1. The Morgan fingerprint density at radius 2 is 1.81 bits per heavy atom. The molecule has 137 valence electrons. The zero-order valence-electron chi connectivity index (χ0n) is 16.7. The summed E-state index contributed by atoms with van der Waals surface area (Å²) in [6.07, 6.45) is 7.10. The normalized spacial score (nSPS) is 40.6. The predicted molar refractivity (Wildman–Crippen MR) is 112 cm³/mol. The van der Waals surface area contributed by atoms with E-state index in [1.807, 2.05) is 0 Å². The Kier molecular flexibility index (Phi) is 3.03. The maximum Gasteiger partial charge on any atom is 0.242 e. The van der Waals surface area contributed by atoms with Crippen molar-refractivity contribution in [2.75, 3.05) is 0 Å². The van der Waals surface area contributed by atoms with Crippen LogP contribution in [-0.4, -0.2) is 21.1 Å². The molecular weight excluding hydrogens is 350 g/mol. The van der Waals surface area contributed by atoms with Crippen molar-refractivity contribution in [2.24, 2.45) is 11.8 Å². The molecule has 1 amide bonds. The highest BCUT2D eigenvalue weighted by Gasteiger charge is 2.91. The summed E-state index contributed by atoms with van der Waals surface area (Å²) < 4.78 is 0. The van der Waals surface area contributed by atoms with Crippen molar-refractivity contribution in [2.45, 2.75) is 68.9 Å². The van der Waals surface area contributed by atoms with Crippen molar-refractivity contribution in [1.82, 2.24) is 5.73 Å². The summed E-state index contributed by atoms with van der Waals surface area (Å²) in [4.78, 5) is 13.2. The fraction of sp³-hybridized carbons (Fsp3) is 0.591. The molecule has 1 aromatic rings. The van der Waals surface area contributed by atoms with Gasteiger partial charge in [-0.15, -0.1) is 0 Å². The highest BCUT2D eigenvalue weighted by atomic mass is 29.3. The van der Waals surface area contributed by atoms with Crippen molar-refractivity contribution in [1.29, 1.82) is 0 Å². The number of carbonyl (C=O) groups is 1. The molecule has 3 aliphatic carbocycles. The standard InChI is InChI=1S/C22H30NOSi2/c1-14-11-15-7-6-8-19(18(15)12-14)21-16-9-10-17(13-16)22(21,20(23)24)26(4,5)25(21,2)3/h6-8,12,16-17,23H,9-11,13H2,1-5H3. The molecule has 5 rings (SSSR count). The third kappa shape index (κ3) is 1.35. The van der Waals surface area contributed by atoms with E-state index >= 15 is 0 Å². The highest BCUT2D eigenvalue weighted by Crippen LogP contribution is 2.85. The van der Waals surface area contributed by atoms with Gasteiger partial charge in [-0.2, -0.15) is 0 Å². The van der Waals surface area contributed by atoms with Gasteiger partial charge in [-0.1, -0.05) is 56.0 Å². The van der Waals surface area contributed by atoms with Gasteiger partial charge in [0.05, 0.1) is 20.2 Å². The monoisotopic (exact) mass is 380 g/mol. The van der Waals surface area contributed by atoms with E-state index in [1.165, 1.54) is 41.5 Å². The zero-order valence-corrected chi connectivity index (χ0v) is 18.7. The first-order chi connectivity index (χ1) is 12.1. The van der Waals surface area contributed by atoms with Gasteiger partial charge >= 0.3 is 0 Å². The van der Waals surface area contributed by atoms with Crippen LogP contribution in [0.3, 0.4) is 0 Å². The van der Waals surface area contributed by atoms with Crippen LogP contribution in [0, 0.1) is 11.8 Å². The third-order valence-electron chi connectivity index (χ3n) is 9.65. The van der Waals surface area contributed by atoms with Crippen molar-refractivity contribution in [3.63, 3.8) is 0 Å². The first-order valence-corrected chi connectivity index (χ1v) is 17.2. The first kappa shape index (κ1) is 17.0. The second-order valence-electron chi connectivity index (χ2n) is 10.4. The van der Waals surface area contributed by atoms with Gasteiger partial charge in [0.25, 0.3) is 0 Å². The summed E-state index contributed by atoms with van der Waals surface area (Å²) in [7, 11) is -3.48. The number of nitrogens with one attached hydrogen (secondary N) is 1. The van der Waals surface area contributed by atoms with E-state index < -0.39 is 15.2 Å². The van der Waals surface area contributed by atoms with E-state index in [4.69, 9.17) is 5.73 Å². The van der Waals surface area contributed by atoms with Crippen LogP contribution in [0.5, 0.6) is 0 Å². The van der Waals surface area contributed by atoms with Gasteiger partial charge in [0.1, 0.15) is 0 Å². The summed E-state index contributed by atoms with van der Waals surface area (Å²) >= 11 is 0. The lowest BCUT2D eigenvalue weighted by molar-refractivity contribution is -0.125. The van der Waals surface area contributed by atoms with E-state index in [-0.39, 0.29) is 16.0 Å². The fourth-order valence-corrected chi connectivity index (χ4v) is 27.3. The summed E-state index contributed by atoms with van der Waals surface area (Å²) in [5.74, 6) is 0.899. The molecule has 1 aliphatic heterocycles. The maximum atomic E-state index is 13.2. The molecular formula is C22H30NOSi2. The van der Waals surface area contributed by atoms with E-state index in [2.05, 4.69) is 57.4 Å². The molecule has 3 fully saturated rings. The number of benzene rings is 1. The molecule has 0 spiro atoms. The minimum atomic E-state index is -1.80. The van der Waals surface area contributed by atoms with Crippen LogP contribution in [-0.2, 0) is 16.3 Å². The van der Waals surface area contributed by atoms with Crippen LogP contribution < -0.4 is 5.73 Å². The number of hydrogen-bond donors (Lipinski definition) is 0. The summed E-state index contributed by atoms with van der Waals surface area (Å²) in [6.45, 7) is 12.3. The second kappa shape index (κ2) is 4.64. The van der Waals surface area contributed by atoms with Gasteiger partial charge in [-0.25, -0.2) is 0 Å². The molecule has 1 radical (unpaired) electrons. The fourth-order valence-electron chi connectivity index (χ4n) is 8.64. The Bertz CT molecular complexity index is 886. The Morgan fingerprint density at radius 1 is 1.12 bits per heavy atom. The minimum Gasteiger partial charge on any atom is -0.273 e. The van der Waals surface area contributed by atoms with Crippen molar-refractivity contribution < 1.29 is 4.79 Å². The maximum absolute atomic E-state index is 13.2. The van der Waals surface area contributed by atoms with E-state index in [0.29, 0.717) is 11.8 Å². The summed E-state index contributed by atoms with van der Waals surface area (Å²) in [6, 6.07) is 6.86. The predicted octanol–water partition coefficient (Wildman–Crippen LogP) is 4.91. The van der Waals surface area contributed by atoms with E-state index in [1.54, 1.807) is 0 Å². The zero-order chi connectivity index (χ0) is 18.7. The minimum absolute atomic E-state index is 0.0178. The molecule has 1 N–H and O–H groups in total. The van der Waals surface area contributed by atoms with Crippen molar-refractivity contribution in [3.05, 3.63) is 40.5 Å². The number of allylic oxidation sites excluding steroid dienone is 1. The highest BCUT2D eigenvalue weighted by molar-refractivity contribution is 7.48. The van der Waals surface area contributed by atoms with Crippen LogP contribution in [0.25, 0.3) is 6.08 Å². The molecule has 4 heteroatoms. The lowest BCUT2D eigenvalue weighted by atomic mass is 9.71. The van der Waals surface area contributed by atoms with Gasteiger partial charge < -0.3 is 0 Å². The van der Waals surface area contributed by atoms with Gasteiger partial charge in [-0.05, 0) is 61.1 Å². The van der Waals surface area contributed by atoms with Gasteiger partial charge in [0, 0.05) is 5.04 Å². The molecule has 4 atom stereocenters. The lowest BCUT2D eigenvalue weighted by Crippen LogP contribution is -2.91. The van der Waals surface area contributed by atoms with Crippen LogP contribution in [0.15, 0.2) is 23.8 Å². The topological polar surface area (TPSA) is 40.9 Å². The average Bonchev–Trinajstić information content (AvgIpc) is 3.23. The lowest BCUT2D eigenvalue weighted by Gasteiger charge is -2.78. The number of rotatable bonds is 2. The third-order valence-corrected chi connectivity index (χ3v) is 30.8. The van der Waals surface area contributed by atoms with Gasteiger partial charge in [-0.3, -0.25) is 10.5 Å². The number of fused-ring (bicyclic) bond motifs is 6. The summed E-state index contributed by atoms with van der Waals surface area (Å²) in [5.41, 5.74) is 14.3. The Balaban J connectivity index is 1.88. The van der Waals surface area contributed by atoms with Crippen molar-refractivity contribution in [3.8, 4) is 0 Å². The van der Waals surface area contributed by atoms with Crippen LogP contribution in [0.2, 0.25) is 31.2 Å². The second-order valence-corrected chi connectivity index (χ2v) is 26.0. The Morgan fingerprint density at radius 3 is 2.50 bits per heavy atom. The Hall–Kier alpha value is -1.14. The quantitative estimate of drug-likeness (QED) is 0.672. The van der Waals surface area contributed by atoms with Crippen LogP contribution in [0.1, 0.15) is 42.9 Å². The number of carbonyl (C=O) groups excluding carboxylic acids is 1. The molecule has 26 heavy (non-hydrogen) atoms. The molecule has 2 bridgehead atoms. The molecule has 1 saturated heterocycles. The van der Waals surface area contributed by atoms with Gasteiger partial charge in [0.2, 0.25) is 5.91 Å². The molecule has 2 saturated carbocycles. The number of amides is 1. The van der Waals surface area contributed by atoms with E-state index in [0.717, 1.165) is 6.42 Å². The molecule has 1 aromatic carbocycles. The van der Waals surface area contributed by atoms with Crippen LogP contribution in [0.4, 0.5) is 0 Å². The molecule has 2 nitrogen and oxygen atoms in total. The van der Waals surface area contributed by atoms with E-state index in [9.17, 15) is 4.79 Å². The molecule has 4 unspecified atom stereocenters. The molecule has 4 aliphatic rings. The average molecular weight is 381 g/mol. The van der Waals surface area contributed by atoms with Crippen molar-refractivity contribution >= 4 is 27.2 Å². The largest absolute Gasteiger partial charge is 0.273 e. The van der Waals surface area contributed by atoms with Crippen LogP contribution >= 0.6 is 0 Å². The molecule has 1 heterocycles. The Labute approximate surface area is 159 Å². The summed E-state index contributed by atoms with van der Waals surface area (Å²) in [5, 5.41) is -0.304. The first-order valence-electron chi connectivity index (χ1n) is 10.2. The molecule has 0 aromatic heterocycles. The smallest absolute Gasteiger partial charge is 0.242 e. The number of hydrogen-bond acceptors (Lipinski definition) is 1. The van der Waals surface area contributed by atoms with Gasteiger partial charge in [0.15, 0.2) is 0 Å².